The van der Waals surface area contributed by atoms with Crippen LogP contribution in [0.4, 0.5) is 4.79 Å². The fourth-order valence-corrected chi connectivity index (χ4v) is 6.83. The van der Waals surface area contributed by atoms with Crippen molar-refractivity contribution in [2.24, 2.45) is 17.3 Å². The van der Waals surface area contributed by atoms with Gasteiger partial charge in [0.1, 0.15) is 0 Å². The predicted molar refractivity (Wildman–Crippen MR) is 164 cm³/mol. The summed E-state index contributed by atoms with van der Waals surface area (Å²) in [6.07, 6.45) is 0.114. The third kappa shape index (κ3) is 7.70. The molecule has 1 aromatic carbocycles. The normalized spacial score (nSPS) is 21.6. The van der Waals surface area contributed by atoms with Crippen molar-refractivity contribution in [1.82, 2.24) is 24.3 Å². The van der Waals surface area contributed by atoms with Gasteiger partial charge in [-0.2, -0.15) is 8.42 Å². The van der Waals surface area contributed by atoms with Crippen LogP contribution in [0, 0.1) is 17.3 Å². The van der Waals surface area contributed by atoms with Crippen molar-refractivity contribution in [2.45, 2.75) is 59.7 Å². The molecule has 244 valence electrons. The minimum absolute atomic E-state index is 0.0135. The van der Waals surface area contributed by atoms with E-state index in [0.29, 0.717) is 43.9 Å². The van der Waals surface area contributed by atoms with Gasteiger partial charge in [0.15, 0.2) is 5.82 Å². The molecule has 0 bridgehead atoms. The van der Waals surface area contributed by atoms with Gasteiger partial charge in [-0.15, -0.1) is 0 Å². The third-order valence-electron chi connectivity index (χ3n) is 8.13. The molecule has 0 aliphatic carbocycles. The zero-order valence-corrected chi connectivity index (χ0v) is 27.2. The molecule has 0 radical (unpaired) electrons. The van der Waals surface area contributed by atoms with Crippen molar-refractivity contribution in [3.8, 4) is 0 Å². The number of amides is 3. The number of ether oxygens (including phenoxy) is 1. The fourth-order valence-electron chi connectivity index (χ4n) is 6.45. The van der Waals surface area contributed by atoms with E-state index in [1.165, 1.54) is 4.90 Å². The van der Waals surface area contributed by atoms with Gasteiger partial charge in [0.05, 0.1) is 55.1 Å². The molecule has 14 heteroatoms. The first kappa shape index (κ1) is 33.7. The number of morpholine rings is 1. The number of carboxylic acid groups (broad SMARTS) is 1. The topological polar surface area (TPSA) is 152 Å². The van der Waals surface area contributed by atoms with Crippen molar-refractivity contribution >= 4 is 39.1 Å². The Labute approximate surface area is 259 Å². The molecule has 13 nitrogen and oxygen atoms in total. The molecule has 0 saturated carbocycles. The van der Waals surface area contributed by atoms with Crippen LogP contribution in [-0.4, -0.2) is 120 Å². The fraction of sp³-hybridized carbons (Fsp3) is 0.667. The number of imidazole rings is 1. The zero-order valence-electron chi connectivity index (χ0n) is 26.4. The summed E-state index contributed by atoms with van der Waals surface area (Å²) in [5.41, 5.74) is 0.624. The van der Waals surface area contributed by atoms with Crippen molar-refractivity contribution in [3.63, 3.8) is 0 Å². The standard InChI is InChI=1S/C30H45N5O8S/c1-20(2)18-34(28(37)26-31-22-9-7-8-10-23(22)33(26)13-16-43-44(6,40)41)24-17-21(27(36)32-11-14-42-15-12-32)19-35(29(38)39)25(24)30(3,4)5/h7-10,20-21,24-25H,11-19H2,1-6H3,(H,38,39)/t21-,24+,25?/m1/s1. The lowest BCUT2D eigenvalue weighted by Gasteiger charge is -2.52. The van der Waals surface area contributed by atoms with Crippen LogP contribution in [0.5, 0.6) is 0 Å². The highest BCUT2D eigenvalue weighted by atomic mass is 32.2. The first-order chi connectivity index (χ1) is 20.6. The molecule has 3 amide bonds. The molecule has 2 aromatic rings. The Morgan fingerprint density at radius 3 is 2.41 bits per heavy atom. The van der Waals surface area contributed by atoms with E-state index in [9.17, 15) is 27.9 Å². The van der Waals surface area contributed by atoms with Gasteiger partial charge in [0, 0.05) is 32.7 Å². The van der Waals surface area contributed by atoms with Crippen LogP contribution in [0.3, 0.4) is 0 Å². The quantitative estimate of drug-likeness (QED) is 0.410. The van der Waals surface area contributed by atoms with Gasteiger partial charge < -0.3 is 29.1 Å². The molecule has 44 heavy (non-hydrogen) atoms. The summed E-state index contributed by atoms with van der Waals surface area (Å²) in [6.45, 7) is 11.7. The first-order valence-corrected chi connectivity index (χ1v) is 16.9. The lowest BCUT2D eigenvalue weighted by atomic mass is 9.74. The maximum absolute atomic E-state index is 14.7. The van der Waals surface area contributed by atoms with E-state index < -0.39 is 45.5 Å². The van der Waals surface area contributed by atoms with E-state index in [1.54, 1.807) is 38.6 Å². The average molecular weight is 636 g/mol. The molecule has 1 unspecified atom stereocenters. The Kier molecular flexibility index (Phi) is 10.3. The number of fused-ring (bicyclic) bond motifs is 1. The molecule has 0 spiro atoms. The first-order valence-electron chi connectivity index (χ1n) is 15.0. The Morgan fingerprint density at radius 2 is 1.82 bits per heavy atom. The van der Waals surface area contributed by atoms with Gasteiger partial charge >= 0.3 is 6.09 Å². The van der Waals surface area contributed by atoms with Gasteiger partial charge in [-0.1, -0.05) is 46.8 Å². The number of piperidine rings is 1. The number of hydrogen-bond donors (Lipinski definition) is 1. The number of carbonyl (C=O) groups is 3. The predicted octanol–water partition coefficient (Wildman–Crippen LogP) is 2.75. The molecule has 1 N–H and O–H groups in total. The second-order valence-corrected chi connectivity index (χ2v) is 14.8. The van der Waals surface area contributed by atoms with E-state index in [2.05, 4.69) is 4.98 Å². The van der Waals surface area contributed by atoms with Crippen LogP contribution in [0.15, 0.2) is 24.3 Å². The van der Waals surface area contributed by atoms with Crippen LogP contribution in [0.1, 0.15) is 51.7 Å². The van der Waals surface area contributed by atoms with E-state index in [4.69, 9.17) is 8.92 Å². The summed E-state index contributed by atoms with van der Waals surface area (Å²) < 4.78 is 35.4. The number of aromatic nitrogens is 2. The monoisotopic (exact) mass is 635 g/mol. The van der Waals surface area contributed by atoms with Gasteiger partial charge in [0.2, 0.25) is 5.91 Å². The highest BCUT2D eigenvalue weighted by Crippen LogP contribution is 2.38. The SMILES string of the molecule is CC(C)CN(C(=O)c1nc2ccccc2n1CCOS(C)(=O)=O)[C@H]1C[C@@H](C(=O)N2CCOCC2)CN(C(=O)O)C1C(C)(C)C. The third-order valence-corrected chi connectivity index (χ3v) is 8.72. The summed E-state index contributed by atoms with van der Waals surface area (Å²) in [4.78, 5) is 50.6. The molecule has 2 saturated heterocycles. The zero-order chi connectivity index (χ0) is 32.4. The Bertz CT molecular complexity index is 1460. The Morgan fingerprint density at radius 1 is 1.16 bits per heavy atom. The molecule has 2 aliphatic heterocycles. The lowest BCUT2D eigenvalue weighted by Crippen LogP contribution is -2.66. The number of nitrogens with zero attached hydrogens (tertiary/aromatic N) is 5. The van der Waals surface area contributed by atoms with Crippen LogP contribution >= 0.6 is 0 Å². The largest absolute Gasteiger partial charge is 0.465 e. The molecule has 3 heterocycles. The molecule has 4 rings (SSSR count). The van der Waals surface area contributed by atoms with Gasteiger partial charge in [-0.05, 0) is 29.9 Å². The lowest BCUT2D eigenvalue weighted by molar-refractivity contribution is -0.144. The minimum atomic E-state index is -3.71. The summed E-state index contributed by atoms with van der Waals surface area (Å²) in [6, 6.07) is 5.94. The van der Waals surface area contributed by atoms with Crippen LogP contribution in [-0.2, 0) is 30.4 Å². The van der Waals surface area contributed by atoms with E-state index in [-0.39, 0.29) is 43.8 Å². The maximum Gasteiger partial charge on any atom is 0.407 e. The summed E-state index contributed by atoms with van der Waals surface area (Å²) >= 11 is 0. The number of carbonyl (C=O) groups excluding carboxylic acids is 2. The summed E-state index contributed by atoms with van der Waals surface area (Å²) in [5.74, 6) is -1.09. The van der Waals surface area contributed by atoms with Crippen molar-refractivity contribution in [2.75, 3.05) is 52.3 Å². The minimum Gasteiger partial charge on any atom is -0.465 e. The van der Waals surface area contributed by atoms with Crippen molar-refractivity contribution in [3.05, 3.63) is 30.1 Å². The number of hydrogen-bond acceptors (Lipinski definition) is 8. The molecule has 2 fully saturated rings. The number of benzene rings is 1. The molecule has 1 aromatic heterocycles. The van der Waals surface area contributed by atoms with E-state index in [0.717, 1.165) is 6.26 Å². The van der Waals surface area contributed by atoms with Crippen molar-refractivity contribution in [1.29, 1.82) is 0 Å². The molecular weight excluding hydrogens is 590 g/mol. The molecule has 3 atom stereocenters. The van der Waals surface area contributed by atoms with Gasteiger partial charge in [0.25, 0.3) is 16.0 Å². The Balaban J connectivity index is 1.79. The van der Waals surface area contributed by atoms with Gasteiger partial charge in [-0.3, -0.25) is 13.8 Å². The highest BCUT2D eigenvalue weighted by Gasteiger charge is 2.50. The van der Waals surface area contributed by atoms with Gasteiger partial charge in [-0.25, -0.2) is 9.78 Å². The van der Waals surface area contributed by atoms with Crippen LogP contribution < -0.4 is 0 Å². The smallest absolute Gasteiger partial charge is 0.407 e. The van der Waals surface area contributed by atoms with E-state index in [1.807, 2.05) is 34.6 Å². The Hall–Kier alpha value is -3.23. The van der Waals surface area contributed by atoms with E-state index >= 15 is 0 Å². The average Bonchev–Trinajstić information content (AvgIpc) is 3.32. The number of rotatable bonds is 9. The maximum atomic E-state index is 14.7. The number of para-hydroxylation sites is 2. The second kappa shape index (κ2) is 13.4. The number of likely N-dealkylation sites (tertiary alicyclic amines) is 1. The second-order valence-electron chi connectivity index (χ2n) is 13.1. The summed E-state index contributed by atoms with van der Waals surface area (Å²) in [7, 11) is -3.71. The highest BCUT2D eigenvalue weighted by molar-refractivity contribution is 7.85. The molecular formula is C30H45N5O8S. The van der Waals surface area contributed by atoms with Crippen molar-refractivity contribution < 1.29 is 36.8 Å². The summed E-state index contributed by atoms with van der Waals surface area (Å²) in [5, 5.41) is 10.4. The molecule has 2 aliphatic rings. The van der Waals surface area contributed by atoms with Crippen LogP contribution in [0.2, 0.25) is 0 Å². The van der Waals surface area contributed by atoms with Crippen LogP contribution in [0.25, 0.3) is 11.0 Å².